The van der Waals surface area contributed by atoms with Gasteiger partial charge >= 0.3 is 7.82 Å². The van der Waals surface area contributed by atoms with E-state index in [-0.39, 0.29) is 0 Å². The number of hydrogen-bond acceptors (Lipinski definition) is 2. The van der Waals surface area contributed by atoms with Gasteiger partial charge in [-0.2, -0.15) is 0 Å². The van der Waals surface area contributed by atoms with Crippen molar-refractivity contribution in [3.05, 3.63) is 0 Å². The van der Waals surface area contributed by atoms with Gasteiger partial charge in [0.1, 0.15) is 0 Å². The molecule has 0 unspecified atom stereocenters. The van der Waals surface area contributed by atoms with Crippen LogP contribution in [-0.4, -0.2) is 15.4 Å². The third kappa shape index (κ3) is 16.7. The van der Waals surface area contributed by atoms with Crippen LogP contribution in [0.25, 0.3) is 0 Å². The minimum atomic E-state index is -4.47. The van der Waals surface area contributed by atoms with Crippen molar-refractivity contribution in [1.82, 2.24) is 0 Å². The molecular weight excluding hydrogens is 359 g/mol. The van der Waals surface area contributed by atoms with Gasteiger partial charge in [0.05, 0.1) is 5.60 Å². The molecule has 164 valence electrons. The summed E-state index contributed by atoms with van der Waals surface area (Å²) in [6.07, 6.45) is 19.8. The van der Waals surface area contributed by atoms with Gasteiger partial charge in [0.2, 0.25) is 0 Å². The van der Waals surface area contributed by atoms with Gasteiger partial charge in [0.25, 0.3) is 0 Å². The Morgan fingerprint density at radius 1 is 0.593 bits per heavy atom. The van der Waals surface area contributed by atoms with E-state index < -0.39 is 13.4 Å². The zero-order valence-corrected chi connectivity index (χ0v) is 19.3. The molecule has 0 saturated carbocycles. The highest BCUT2D eigenvalue weighted by molar-refractivity contribution is 7.46. The molecule has 0 aliphatic heterocycles. The standard InChI is InChI=1S/C22H47O4P/c1-4-7-10-12-14-17-20-22(19-16-9-6-3,26-27(23,24)25)21-18-15-13-11-8-5-2/h4-21H2,1-3H3,(H2,23,24,25). The van der Waals surface area contributed by atoms with Crippen LogP contribution in [-0.2, 0) is 9.09 Å². The number of phosphoric acid groups is 1. The van der Waals surface area contributed by atoms with Crippen molar-refractivity contribution >= 4 is 7.82 Å². The van der Waals surface area contributed by atoms with Crippen molar-refractivity contribution in [1.29, 1.82) is 0 Å². The fourth-order valence-corrected chi connectivity index (χ4v) is 4.69. The van der Waals surface area contributed by atoms with Gasteiger partial charge in [0, 0.05) is 0 Å². The van der Waals surface area contributed by atoms with Gasteiger partial charge in [-0.1, -0.05) is 117 Å². The molecule has 0 rings (SSSR count). The summed E-state index contributed by atoms with van der Waals surface area (Å²) in [7, 11) is -4.47. The monoisotopic (exact) mass is 406 g/mol. The second-order valence-electron chi connectivity index (χ2n) is 8.26. The van der Waals surface area contributed by atoms with E-state index in [1.807, 2.05) is 0 Å². The molecule has 0 atom stereocenters. The number of phosphoric ester groups is 1. The summed E-state index contributed by atoms with van der Waals surface area (Å²) >= 11 is 0. The summed E-state index contributed by atoms with van der Waals surface area (Å²) < 4.78 is 17.2. The van der Waals surface area contributed by atoms with E-state index in [0.717, 1.165) is 64.2 Å². The zero-order chi connectivity index (χ0) is 20.4. The van der Waals surface area contributed by atoms with E-state index >= 15 is 0 Å². The quantitative estimate of drug-likeness (QED) is 0.159. The fourth-order valence-electron chi connectivity index (χ4n) is 3.92. The van der Waals surface area contributed by atoms with Gasteiger partial charge in [-0.15, -0.1) is 0 Å². The molecule has 0 heterocycles. The highest BCUT2D eigenvalue weighted by Crippen LogP contribution is 2.47. The van der Waals surface area contributed by atoms with Crippen LogP contribution in [0.5, 0.6) is 0 Å². The van der Waals surface area contributed by atoms with Crippen LogP contribution in [0.4, 0.5) is 0 Å². The summed E-state index contributed by atoms with van der Waals surface area (Å²) in [5.74, 6) is 0. The van der Waals surface area contributed by atoms with Gasteiger partial charge in [-0.25, -0.2) is 4.57 Å². The lowest BCUT2D eigenvalue weighted by Gasteiger charge is -2.34. The minimum Gasteiger partial charge on any atom is -0.303 e. The molecule has 0 aromatic rings. The Balaban J connectivity index is 4.70. The van der Waals surface area contributed by atoms with Crippen LogP contribution in [0.15, 0.2) is 0 Å². The molecular formula is C22H47O4P. The number of hydrogen-bond donors (Lipinski definition) is 2. The van der Waals surface area contributed by atoms with Crippen molar-refractivity contribution < 1.29 is 18.9 Å². The second-order valence-corrected chi connectivity index (χ2v) is 9.42. The largest absolute Gasteiger partial charge is 0.470 e. The van der Waals surface area contributed by atoms with E-state index in [1.165, 1.54) is 51.4 Å². The maximum Gasteiger partial charge on any atom is 0.470 e. The molecule has 0 fully saturated rings. The molecule has 0 radical (unpaired) electrons. The lowest BCUT2D eigenvalue weighted by molar-refractivity contribution is 0.00544. The molecule has 0 saturated heterocycles. The summed E-state index contributed by atoms with van der Waals surface area (Å²) in [5.41, 5.74) is -0.635. The summed E-state index contributed by atoms with van der Waals surface area (Å²) in [6.45, 7) is 6.59. The zero-order valence-electron chi connectivity index (χ0n) is 18.4. The number of unbranched alkanes of at least 4 members (excludes halogenated alkanes) is 12. The summed E-state index contributed by atoms with van der Waals surface area (Å²) in [5, 5.41) is 0. The Hall–Kier alpha value is 0.110. The average molecular weight is 407 g/mol. The average Bonchev–Trinajstić information content (AvgIpc) is 2.60. The third-order valence-corrected chi connectivity index (χ3v) is 6.15. The minimum absolute atomic E-state index is 0.635. The first-order valence-electron chi connectivity index (χ1n) is 11.7. The molecule has 0 amide bonds. The third-order valence-electron chi connectivity index (χ3n) is 5.52. The topological polar surface area (TPSA) is 66.8 Å². The Kier molecular flexibility index (Phi) is 17.1. The molecule has 2 N–H and O–H groups in total. The molecule has 0 aliphatic carbocycles. The number of rotatable bonds is 20. The van der Waals surface area contributed by atoms with Crippen LogP contribution >= 0.6 is 7.82 Å². The van der Waals surface area contributed by atoms with Gasteiger partial charge in [-0.05, 0) is 19.3 Å². The summed E-state index contributed by atoms with van der Waals surface area (Å²) in [6, 6.07) is 0. The summed E-state index contributed by atoms with van der Waals surface area (Å²) in [4.78, 5) is 19.1. The van der Waals surface area contributed by atoms with Crippen LogP contribution in [0, 0.1) is 0 Å². The highest BCUT2D eigenvalue weighted by Gasteiger charge is 2.36. The van der Waals surface area contributed by atoms with E-state index in [0.29, 0.717) is 0 Å². The van der Waals surface area contributed by atoms with Gasteiger partial charge < -0.3 is 9.79 Å². The molecule has 0 aromatic carbocycles. The maximum absolute atomic E-state index is 11.7. The van der Waals surface area contributed by atoms with Crippen molar-refractivity contribution in [3.8, 4) is 0 Å². The first-order chi connectivity index (χ1) is 12.9. The van der Waals surface area contributed by atoms with E-state index in [9.17, 15) is 14.4 Å². The van der Waals surface area contributed by atoms with Crippen LogP contribution in [0.2, 0.25) is 0 Å². The Morgan fingerprint density at radius 2 is 0.889 bits per heavy atom. The van der Waals surface area contributed by atoms with Crippen LogP contribution in [0.3, 0.4) is 0 Å². The highest BCUT2D eigenvalue weighted by atomic mass is 31.2. The van der Waals surface area contributed by atoms with Gasteiger partial charge in [-0.3, -0.25) is 4.52 Å². The van der Waals surface area contributed by atoms with Crippen molar-refractivity contribution in [2.24, 2.45) is 0 Å². The first kappa shape index (κ1) is 27.1. The Bertz CT molecular complexity index is 351. The Labute approximate surface area is 169 Å². The molecule has 0 aliphatic rings. The predicted molar refractivity (Wildman–Crippen MR) is 116 cm³/mol. The van der Waals surface area contributed by atoms with Crippen molar-refractivity contribution in [2.75, 3.05) is 0 Å². The molecule has 0 bridgehead atoms. The first-order valence-corrected chi connectivity index (χ1v) is 13.2. The lowest BCUT2D eigenvalue weighted by atomic mass is 9.85. The SMILES string of the molecule is CCCCCCCCC(CCCCC)(CCCCCCCC)OP(=O)(O)O. The van der Waals surface area contributed by atoms with Crippen LogP contribution in [0.1, 0.15) is 136 Å². The van der Waals surface area contributed by atoms with E-state index in [4.69, 9.17) is 4.52 Å². The second kappa shape index (κ2) is 17.0. The van der Waals surface area contributed by atoms with Crippen molar-refractivity contribution in [2.45, 2.75) is 142 Å². The molecule has 4 nitrogen and oxygen atoms in total. The van der Waals surface area contributed by atoms with E-state index in [1.54, 1.807) is 0 Å². The lowest BCUT2D eigenvalue weighted by Crippen LogP contribution is -2.32. The molecule has 5 heteroatoms. The fraction of sp³-hybridized carbons (Fsp3) is 1.00. The maximum atomic E-state index is 11.7. The molecule has 0 spiro atoms. The Morgan fingerprint density at radius 3 is 1.26 bits per heavy atom. The van der Waals surface area contributed by atoms with Crippen molar-refractivity contribution in [3.63, 3.8) is 0 Å². The molecule has 27 heavy (non-hydrogen) atoms. The predicted octanol–water partition coefficient (Wildman–Crippen LogP) is 7.92. The molecule has 0 aromatic heterocycles. The van der Waals surface area contributed by atoms with Crippen LogP contribution < -0.4 is 0 Å². The smallest absolute Gasteiger partial charge is 0.303 e. The van der Waals surface area contributed by atoms with Gasteiger partial charge in [0.15, 0.2) is 0 Å². The normalized spacial score (nSPS) is 12.6. The van der Waals surface area contributed by atoms with E-state index in [2.05, 4.69) is 20.8 Å².